The van der Waals surface area contributed by atoms with Crippen LogP contribution >= 0.6 is 0 Å². The van der Waals surface area contributed by atoms with Crippen molar-refractivity contribution >= 4 is 5.97 Å². The molecular formula is C30H46O8. The zero-order valence-corrected chi connectivity index (χ0v) is 23.3. The third-order valence-electron chi connectivity index (χ3n) is 12.3. The number of aliphatic hydroxyl groups is 3. The molecular weight excluding hydrogens is 488 g/mol. The Morgan fingerprint density at radius 3 is 2.50 bits per heavy atom. The van der Waals surface area contributed by atoms with E-state index < -0.39 is 36.3 Å². The lowest BCUT2D eigenvalue weighted by Crippen LogP contribution is -2.62. The van der Waals surface area contributed by atoms with Gasteiger partial charge in [-0.1, -0.05) is 13.8 Å². The summed E-state index contributed by atoms with van der Waals surface area (Å²) in [6.07, 6.45) is 6.45. The number of methoxy groups -OCH3 is 1. The monoisotopic (exact) mass is 534 g/mol. The number of cyclic esters (lactones) is 1. The van der Waals surface area contributed by atoms with E-state index in [2.05, 4.69) is 13.8 Å². The smallest absolute Gasteiger partial charge is 0.331 e. The van der Waals surface area contributed by atoms with Gasteiger partial charge in [0.2, 0.25) is 0 Å². The standard InChI is InChI=1S/C30H46O8/c1-16-24(32)26(35-4)25(33)27(37-16)38-19-7-10-28(2)18(14-19)5-6-22-21(28)8-11-29(3)20(9-12-30(22,29)34)17-13-23(31)36-15-17/h13,16,18-22,24-27,32-34H,5-12,14-15H2,1-4H3/t16-,18-,19-,20-,21+,22-,24+,25+,26-,27-,28-,29+,30-/m0/s1. The second-order valence-electron chi connectivity index (χ2n) is 13.7. The Balaban J connectivity index is 1.16. The van der Waals surface area contributed by atoms with Crippen molar-refractivity contribution in [3.8, 4) is 0 Å². The fourth-order valence-electron chi connectivity index (χ4n) is 10.1. The Labute approximate surface area is 226 Å². The normalized spacial score (nSPS) is 54.5. The third-order valence-corrected chi connectivity index (χ3v) is 12.3. The number of fused-ring (bicyclic) bond motifs is 5. The van der Waals surface area contributed by atoms with E-state index in [4.69, 9.17) is 18.9 Å². The van der Waals surface area contributed by atoms with E-state index in [9.17, 15) is 20.1 Å². The van der Waals surface area contributed by atoms with Crippen LogP contribution in [0.15, 0.2) is 11.6 Å². The van der Waals surface area contributed by atoms with Gasteiger partial charge in [-0.2, -0.15) is 0 Å². The number of ether oxygens (including phenoxy) is 4. The number of carbonyl (C=O) groups is 1. The van der Waals surface area contributed by atoms with Gasteiger partial charge in [-0.05, 0) is 99.4 Å². The van der Waals surface area contributed by atoms with Gasteiger partial charge in [-0.3, -0.25) is 0 Å². The average molecular weight is 535 g/mol. The van der Waals surface area contributed by atoms with E-state index >= 15 is 0 Å². The summed E-state index contributed by atoms with van der Waals surface area (Å²) in [4.78, 5) is 11.8. The third kappa shape index (κ3) is 3.88. The van der Waals surface area contributed by atoms with Crippen molar-refractivity contribution in [1.29, 1.82) is 0 Å². The molecule has 0 aromatic heterocycles. The average Bonchev–Trinajstić information content (AvgIpc) is 3.43. The molecule has 3 N–H and O–H groups in total. The lowest BCUT2D eigenvalue weighted by molar-refractivity contribution is -0.313. The molecule has 0 spiro atoms. The Morgan fingerprint density at radius 1 is 1.00 bits per heavy atom. The molecule has 2 heterocycles. The van der Waals surface area contributed by atoms with Gasteiger partial charge in [-0.15, -0.1) is 0 Å². The van der Waals surface area contributed by atoms with Crippen molar-refractivity contribution in [3.05, 3.63) is 11.6 Å². The van der Waals surface area contributed by atoms with Crippen LogP contribution in [0.4, 0.5) is 0 Å². The summed E-state index contributed by atoms with van der Waals surface area (Å²) in [5.41, 5.74) is 0.300. The first-order valence-electron chi connectivity index (χ1n) is 14.8. The largest absolute Gasteiger partial charge is 0.458 e. The van der Waals surface area contributed by atoms with Crippen LogP contribution in [0.5, 0.6) is 0 Å². The highest BCUT2D eigenvalue weighted by Gasteiger charge is 2.67. The molecule has 0 amide bonds. The number of carbonyl (C=O) groups excluding carboxylic acids is 1. The summed E-state index contributed by atoms with van der Waals surface area (Å²) in [5.74, 6) is 1.22. The molecule has 8 nitrogen and oxygen atoms in total. The van der Waals surface area contributed by atoms with Gasteiger partial charge in [-0.25, -0.2) is 4.79 Å². The van der Waals surface area contributed by atoms with Gasteiger partial charge in [0.1, 0.15) is 24.9 Å². The quantitative estimate of drug-likeness (QED) is 0.372. The van der Waals surface area contributed by atoms with E-state index in [0.717, 1.165) is 63.4 Å². The van der Waals surface area contributed by atoms with Crippen LogP contribution < -0.4 is 0 Å². The summed E-state index contributed by atoms with van der Waals surface area (Å²) < 4.78 is 22.8. The fraction of sp³-hybridized carbons (Fsp3) is 0.900. The fourth-order valence-corrected chi connectivity index (χ4v) is 10.1. The lowest BCUT2D eigenvalue weighted by Gasteiger charge is -2.64. The molecule has 0 aromatic carbocycles. The molecule has 4 saturated carbocycles. The SMILES string of the molecule is CO[C@@H]1[C@@H](O)[C@H](O[C@H]2CC[C@@]3(C)[C@@H](CC[C@H]4[C@H]3CC[C@]3(C)[C@H](C5=CC(=O)OC5)CC[C@]43O)C2)O[C@@H](C)[C@H]1O. The van der Waals surface area contributed by atoms with Crippen LogP contribution in [0.25, 0.3) is 0 Å². The summed E-state index contributed by atoms with van der Waals surface area (Å²) in [5, 5.41) is 33.5. The maximum atomic E-state index is 12.4. The number of esters is 1. The highest BCUT2D eigenvalue weighted by atomic mass is 16.7. The highest BCUT2D eigenvalue weighted by molar-refractivity contribution is 5.85. The Morgan fingerprint density at radius 2 is 1.79 bits per heavy atom. The van der Waals surface area contributed by atoms with Crippen molar-refractivity contribution in [2.75, 3.05) is 13.7 Å². The van der Waals surface area contributed by atoms with Gasteiger partial charge in [0.05, 0.1) is 17.8 Å². The van der Waals surface area contributed by atoms with Crippen molar-refractivity contribution < 1.29 is 39.1 Å². The number of hydrogen-bond donors (Lipinski definition) is 3. The highest BCUT2D eigenvalue weighted by Crippen LogP contribution is 2.70. The van der Waals surface area contributed by atoms with E-state index in [1.54, 1.807) is 13.0 Å². The molecule has 2 aliphatic heterocycles. The van der Waals surface area contributed by atoms with Crippen molar-refractivity contribution in [2.45, 2.75) is 121 Å². The van der Waals surface area contributed by atoms with Crippen LogP contribution in [0.2, 0.25) is 0 Å². The molecule has 38 heavy (non-hydrogen) atoms. The van der Waals surface area contributed by atoms with Gasteiger partial charge in [0, 0.05) is 18.6 Å². The molecule has 5 fully saturated rings. The molecule has 4 aliphatic carbocycles. The molecule has 6 aliphatic rings. The maximum absolute atomic E-state index is 12.4. The summed E-state index contributed by atoms with van der Waals surface area (Å²) >= 11 is 0. The van der Waals surface area contributed by atoms with Crippen LogP contribution in [0.1, 0.15) is 78.6 Å². The molecule has 214 valence electrons. The number of aliphatic hydroxyl groups excluding tert-OH is 2. The summed E-state index contributed by atoms with van der Waals surface area (Å²) in [6, 6.07) is 0. The predicted octanol–water partition coefficient (Wildman–Crippen LogP) is 3.11. The minimum absolute atomic E-state index is 0.0103. The van der Waals surface area contributed by atoms with Gasteiger partial charge >= 0.3 is 5.97 Å². The van der Waals surface area contributed by atoms with Gasteiger partial charge in [0.15, 0.2) is 6.29 Å². The molecule has 6 rings (SSSR count). The first-order chi connectivity index (χ1) is 18.0. The molecule has 0 bridgehead atoms. The maximum Gasteiger partial charge on any atom is 0.331 e. The second-order valence-corrected chi connectivity index (χ2v) is 13.7. The molecule has 0 unspecified atom stereocenters. The van der Waals surface area contributed by atoms with Gasteiger partial charge < -0.3 is 34.3 Å². The van der Waals surface area contributed by atoms with Crippen LogP contribution in [0, 0.1) is 34.5 Å². The molecule has 8 heteroatoms. The molecule has 0 radical (unpaired) electrons. The zero-order valence-electron chi connectivity index (χ0n) is 23.3. The van der Waals surface area contributed by atoms with Crippen LogP contribution in [-0.4, -0.2) is 77.4 Å². The summed E-state index contributed by atoms with van der Waals surface area (Å²) in [7, 11) is 1.49. The number of rotatable bonds is 4. The van der Waals surface area contributed by atoms with Crippen LogP contribution in [-0.2, 0) is 23.7 Å². The minimum Gasteiger partial charge on any atom is -0.458 e. The first-order valence-corrected chi connectivity index (χ1v) is 14.8. The van der Waals surface area contributed by atoms with E-state index in [0.29, 0.717) is 18.4 Å². The Hall–Kier alpha value is -1.03. The van der Waals surface area contributed by atoms with E-state index in [-0.39, 0.29) is 34.7 Å². The van der Waals surface area contributed by atoms with Gasteiger partial charge in [0.25, 0.3) is 0 Å². The molecule has 1 saturated heterocycles. The molecule has 13 atom stereocenters. The predicted molar refractivity (Wildman–Crippen MR) is 138 cm³/mol. The minimum atomic E-state index is -1.04. The Bertz CT molecular complexity index is 968. The Kier molecular flexibility index (Phi) is 6.80. The number of hydrogen-bond acceptors (Lipinski definition) is 8. The summed E-state index contributed by atoms with van der Waals surface area (Å²) in [6.45, 7) is 6.87. The molecule has 0 aromatic rings. The second kappa shape index (κ2) is 9.52. The van der Waals surface area contributed by atoms with Crippen molar-refractivity contribution in [2.24, 2.45) is 34.5 Å². The van der Waals surface area contributed by atoms with E-state index in [1.807, 2.05) is 0 Å². The van der Waals surface area contributed by atoms with Crippen LogP contribution in [0.3, 0.4) is 0 Å². The lowest BCUT2D eigenvalue weighted by atomic mass is 9.43. The van der Waals surface area contributed by atoms with Crippen molar-refractivity contribution in [3.63, 3.8) is 0 Å². The van der Waals surface area contributed by atoms with E-state index in [1.165, 1.54) is 7.11 Å². The van der Waals surface area contributed by atoms with Crippen molar-refractivity contribution in [1.82, 2.24) is 0 Å². The first kappa shape index (κ1) is 27.2. The zero-order chi connectivity index (χ0) is 27.0. The topological polar surface area (TPSA) is 115 Å².